The first-order valence-electron chi connectivity index (χ1n) is 10.4. The number of methoxy groups -OCH3 is 1. The fourth-order valence-corrected chi connectivity index (χ4v) is 3.24. The van der Waals surface area contributed by atoms with E-state index in [0.29, 0.717) is 25.1 Å². The summed E-state index contributed by atoms with van der Waals surface area (Å²) in [6.45, 7) is 8.00. The third-order valence-corrected chi connectivity index (χ3v) is 4.67. The molecule has 2 unspecified atom stereocenters. The third-order valence-electron chi connectivity index (χ3n) is 4.67. The molecule has 2 aliphatic heterocycles. The summed E-state index contributed by atoms with van der Waals surface area (Å²) in [5.74, 6) is -1.34. The molecule has 1 aromatic rings. The molecule has 2 heterocycles. The minimum absolute atomic E-state index is 0. The zero-order valence-electron chi connectivity index (χ0n) is 19.0. The SMILES string of the molecule is C=CCO.CC.COC(=O)CCCOc1cc2c(cc1F)C(=O)N1CCCC1C(O)N2.[Y]. The van der Waals surface area contributed by atoms with Gasteiger partial charge in [0.1, 0.15) is 6.23 Å². The first kappa shape index (κ1) is 30.5. The van der Waals surface area contributed by atoms with E-state index in [2.05, 4.69) is 16.6 Å². The fourth-order valence-electron chi connectivity index (χ4n) is 3.24. The van der Waals surface area contributed by atoms with Gasteiger partial charge in [0.15, 0.2) is 11.6 Å². The summed E-state index contributed by atoms with van der Waals surface area (Å²) in [4.78, 5) is 25.3. The van der Waals surface area contributed by atoms with E-state index in [-0.39, 0.29) is 81.6 Å². The van der Waals surface area contributed by atoms with Gasteiger partial charge in [-0.15, -0.1) is 6.58 Å². The molecule has 3 rings (SSSR count). The molecule has 177 valence electrons. The van der Waals surface area contributed by atoms with Gasteiger partial charge in [-0.05, 0) is 25.3 Å². The number of nitrogens with one attached hydrogen (secondary N) is 1. The van der Waals surface area contributed by atoms with Gasteiger partial charge in [0.25, 0.3) is 5.91 Å². The van der Waals surface area contributed by atoms with Gasteiger partial charge in [-0.2, -0.15) is 0 Å². The van der Waals surface area contributed by atoms with Gasteiger partial charge < -0.3 is 29.9 Å². The summed E-state index contributed by atoms with van der Waals surface area (Å²) >= 11 is 0. The number of carbonyl (C=O) groups is 2. The number of ether oxygens (including phenoxy) is 2. The number of rotatable bonds is 6. The van der Waals surface area contributed by atoms with Crippen LogP contribution in [0.4, 0.5) is 10.1 Å². The Kier molecular flexibility index (Phi) is 15.3. The predicted molar refractivity (Wildman–Crippen MR) is 115 cm³/mol. The molecule has 8 nitrogen and oxygen atoms in total. The van der Waals surface area contributed by atoms with Gasteiger partial charge >= 0.3 is 5.97 Å². The summed E-state index contributed by atoms with van der Waals surface area (Å²) in [6, 6.07) is 2.20. The van der Waals surface area contributed by atoms with Gasteiger partial charge in [0, 0.05) is 51.7 Å². The monoisotopic (exact) mass is 529 g/mol. The molecule has 0 saturated carbocycles. The van der Waals surface area contributed by atoms with Crippen molar-refractivity contribution in [2.24, 2.45) is 0 Å². The molecule has 0 spiro atoms. The molecule has 10 heteroatoms. The molecular weight excluding hydrogens is 496 g/mol. The molecule has 0 aromatic heterocycles. The van der Waals surface area contributed by atoms with Crippen LogP contribution < -0.4 is 10.1 Å². The van der Waals surface area contributed by atoms with Gasteiger partial charge in [-0.1, -0.05) is 19.9 Å². The number of fused-ring (bicyclic) bond motifs is 2. The van der Waals surface area contributed by atoms with Crippen LogP contribution in [0.25, 0.3) is 0 Å². The average molecular weight is 529 g/mol. The topological polar surface area (TPSA) is 108 Å². The number of hydrogen-bond donors (Lipinski definition) is 3. The van der Waals surface area contributed by atoms with Crippen LogP contribution in [-0.4, -0.2) is 66.1 Å². The molecule has 1 radical (unpaired) electrons. The minimum Gasteiger partial charge on any atom is -0.490 e. The van der Waals surface area contributed by atoms with E-state index < -0.39 is 12.0 Å². The second-order valence-electron chi connectivity index (χ2n) is 6.62. The van der Waals surface area contributed by atoms with Crippen molar-refractivity contribution >= 4 is 17.6 Å². The van der Waals surface area contributed by atoms with Gasteiger partial charge in [0.2, 0.25) is 0 Å². The van der Waals surface area contributed by atoms with E-state index in [9.17, 15) is 19.1 Å². The quantitative estimate of drug-likeness (QED) is 0.296. The molecule has 1 amide bonds. The molecule has 2 aliphatic rings. The summed E-state index contributed by atoms with van der Waals surface area (Å²) < 4.78 is 24.2. The van der Waals surface area contributed by atoms with E-state index in [1.54, 1.807) is 4.90 Å². The zero-order chi connectivity index (χ0) is 23.4. The Balaban J connectivity index is 0.00000124. The average Bonchev–Trinajstić information content (AvgIpc) is 3.26. The number of esters is 1. The number of aliphatic hydroxyl groups is 2. The summed E-state index contributed by atoms with van der Waals surface area (Å²) in [7, 11) is 1.30. The van der Waals surface area contributed by atoms with Gasteiger partial charge in [-0.3, -0.25) is 9.59 Å². The maximum Gasteiger partial charge on any atom is 0.305 e. The van der Waals surface area contributed by atoms with Crippen molar-refractivity contribution in [1.82, 2.24) is 4.90 Å². The smallest absolute Gasteiger partial charge is 0.305 e. The normalized spacial score (nSPS) is 18.1. The Morgan fingerprint density at radius 3 is 2.66 bits per heavy atom. The van der Waals surface area contributed by atoms with Gasteiger partial charge in [-0.25, -0.2) is 4.39 Å². The number of hydrogen-bond acceptors (Lipinski definition) is 7. The van der Waals surface area contributed by atoms with Crippen molar-refractivity contribution in [3.05, 3.63) is 36.2 Å². The zero-order valence-corrected chi connectivity index (χ0v) is 21.8. The van der Waals surface area contributed by atoms with Crippen molar-refractivity contribution in [2.75, 3.05) is 32.2 Å². The molecular formula is C22H33FN2O6Y. The van der Waals surface area contributed by atoms with E-state index in [0.717, 1.165) is 12.5 Å². The van der Waals surface area contributed by atoms with Crippen LogP contribution in [0.1, 0.15) is 49.9 Å². The first-order chi connectivity index (χ1) is 14.9. The fraction of sp³-hybridized carbons (Fsp3) is 0.545. The summed E-state index contributed by atoms with van der Waals surface area (Å²) in [5, 5.41) is 20.9. The Labute approximate surface area is 214 Å². The van der Waals surface area contributed by atoms with Crippen LogP contribution in [0.15, 0.2) is 24.8 Å². The maximum atomic E-state index is 14.3. The van der Waals surface area contributed by atoms with Crippen molar-refractivity contribution in [3.8, 4) is 5.75 Å². The summed E-state index contributed by atoms with van der Waals surface area (Å²) in [6.07, 6.45) is 2.59. The number of aliphatic hydroxyl groups excluding tert-OH is 2. The van der Waals surface area contributed by atoms with E-state index in [1.165, 1.54) is 19.3 Å². The number of halogens is 1. The largest absolute Gasteiger partial charge is 0.490 e. The Morgan fingerprint density at radius 1 is 1.41 bits per heavy atom. The van der Waals surface area contributed by atoms with Crippen LogP contribution in [0.2, 0.25) is 0 Å². The second kappa shape index (κ2) is 16.1. The molecule has 3 N–H and O–H groups in total. The van der Waals surface area contributed by atoms with Crippen molar-refractivity contribution in [3.63, 3.8) is 0 Å². The van der Waals surface area contributed by atoms with Crippen LogP contribution in [-0.2, 0) is 42.2 Å². The number of anilines is 1. The predicted octanol–water partition coefficient (Wildman–Crippen LogP) is 2.69. The Bertz CT molecular complexity index is 749. The molecule has 0 bridgehead atoms. The number of amides is 1. The first-order valence-corrected chi connectivity index (χ1v) is 10.4. The number of carbonyl (C=O) groups excluding carboxylic acids is 2. The standard InChI is InChI=1S/C17H21FN2O5.C3H6O.C2H6.Y/c1-24-15(21)5-3-7-25-14-9-12-10(8-11(14)18)17(23)20-6-2-4-13(20)16(22)19-12;1-2-3-4;1-2;/h8-9,13,16,19,22H,2-7H2,1H3;2,4H,1,3H2;1-2H3;. The van der Waals surface area contributed by atoms with E-state index in [1.807, 2.05) is 13.8 Å². The molecule has 1 fully saturated rings. The van der Waals surface area contributed by atoms with Crippen LogP contribution >= 0.6 is 0 Å². The number of benzene rings is 1. The van der Waals surface area contributed by atoms with Crippen molar-refractivity contribution in [2.45, 2.75) is 51.8 Å². The van der Waals surface area contributed by atoms with E-state index >= 15 is 0 Å². The molecule has 32 heavy (non-hydrogen) atoms. The molecule has 1 aromatic carbocycles. The minimum atomic E-state index is -0.912. The van der Waals surface area contributed by atoms with Gasteiger partial charge in [0.05, 0.1) is 37.6 Å². The maximum absolute atomic E-state index is 14.3. The Morgan fingerprint density at radius 2 is 2.06 bits per heavy atom. The van der Waals surface area contributed by atoms with Crippen LogP contribution in [0.5, 0.6) is 5.75 Å². The molecule has 1 saturated heterocycles. The second-order valence-corrected chi connectivity index (χ2v) is 6.62. The Hall–Kier alpha value is -1.55. The van der Waals surface area contributed by atoms with E-state index in [4.69, 9.17) is 9.84 Å². The molecule has 0 aliphatic carbocycles. The van der Waals surface area contributed by atoms with Crippen LogP contribution in [0, 0.1) is 5.82 Å². The van der Waals surface area contributed by atoms with Crippen molar-refractivity contribution in [1.29, 1.82) is 0 Å². The van der Waals surface area contributed by atoms with Crippen LogP contribution in [0.3, 0.4) is 0 Å². The third kappa shape index (κ3) is 8.42. The van der Waals surface area contributed by atoms with Crippen molar-refractivity contribution < 1.29 is 66.4 Å². The summed E-state index contributed by atoms with van der Waals surface area (Å²) in [5.41, 5.74) is 0.527. The molecule has 2 atom stereocenters. The number of nitrogens with zero attached hydrogens (tertiary/aromatic N) is 1.